The van der Waals surface area contributed by atoms with Crippen LogP contribution >= 0.6 is 11.8 Å². The lowest BCUT2D eigenvalue weighted by Gasteiger charge is -2.09. The van der Waals surface area contributed by atoms with Gasteiger partial charge in [-0.25, -0.2) is 4.98 Å². The standard InChI is InChI=1S/C14H11F3N2OS/c1-21-12-6-5-11(8-18-12)19-13(20)9-3-2-4-10(7-9)14(15,16)17/h2-8H,1H3,(H,19,20). The number of nitrogens with zero attached hydrogens (tertiary/aromatic N) is 1. The van der Waals surface area contributed by atoms with Gasteiger partial charge in [0, 0.05) is 5.56 Å². The van der Waals surface area contributed by atoms with Crippen LogP contribution in [-0.2, 0) is 6.18 Å². The van der Waals surface area contributed by atoms with Crippen molar-refractivity contribution in [1.29, 1.82) is 0 Å². The van der Waals surface area contributed by atoms with Crippen molar-refractivity contribution in [1.82, 2.24) is 4.98 Å². The smallest absolute Gasteiger partial charge is 0.321 e. The molecule has 3 nitrogen and oxygen atoms in total. The number of amides is 1. The molecule has 2 rings (SSSR count). The van der Waals surface area contributed by atoms with Gasteiger partial charge >= 0.3 is 6.18 Å². The lowest BCUT2D eigenvalue weighted by atomic mass is 10.1. The predicted molar refractivity (Wildman–Crippen MR) is 75.4 cm³/mol. The summed E-state index contributed by atoms with van der Waals surface area (Å²) in [6, 6.07) is 7.63. The number of anilines is 1. The lowest BCUT2D eigenvalue weighted by Crippen LogP contribution is -2.14. The van der Waals surface area contributed by atoms with E-state index in [1.165, 1.54) is 30.1 Å². The van der Waals surface area contributed by atoms with Crippen LogP contribution in [0.3, 0.4) is 0 Å². The fourth-order valence-electron chi connectivity index (χ4n) is 1.62. The third-order valence-electron chi connectivity index (χ3n) is 2.66. The van der Waals surface area contributed by atoms with Gasteiger partial charge in [-0.15, -0.1) is 11.8 Å². The number of benzene rings is 1. The molecule has 1 N–H and O–H groups in total. The number of hydrogen-bond donors (Lipinski definition) is 1. The summed E-state index contributed by atoms with van der Waals surface area (Å²) >= 11 is 1.45. The molecule has 21 heavy (non-hydrogen) atoms. The van der Waals surface area contributed by atoms with Gasteiger partial charge in [0.2, 0.25) is 0 Å². The molecule has 0 atom stereocenters. The maximum atomic E-state index is 12.6. The van der Waals surface area contributed by atoms with Gasteiger partial charge in [0.15, 0.2) is 0 Å². The largest absolute Gasteiger partial charge is 0.416 e. The Bertz CT molecular complexity index is 641. The van der Waals surface area contributed by atoms with Gasteiger partial charge in [-0.1, -0.05) is 6.07 Å². The summed E-state index contributed by atoms with van der Waals surface area (Å²) in [5.74, 6) is -0.611. The van der Waals surface area contributed by atoms with Crippen molar-refractivity contribution < 1.29 is 18.0 Å². The summed E-state index contributed by atoms with van der Waals surface area (Å²) in [6.07, 6.45) is -1.15. The Hall–Kier alpha value is -2.02. The van der Waals surface area contributed by atoms with Gasteiger partial charge in [0.05, 0.1) is 22.5 Å². The molecule has 0 aliphatic rings. The molecule has 0 radical (unpaired) electrons. The number of rotatable bonds is 3. The highest BCUT2D eigenvalue weighted by molar-refractivity contribution is 7.98. The van der Waals surface area contributed by atoms with Gasteiger partial charge in [0.1, 0.15) is 0 Å². The van der Waals surface area contributed by atoms with Crippen LogP contribution in [-0.4, -0.2) is 17.1 Å². The van der Waals surface area contributed by atoms with Gasteiger partial charge < -0.3 is 5.32 Å². The molecular weight excluding hydrogens is 301 g/mol. The molecule has 0 bridgehead atoms. The van der Waals surface area contributed by atoms with Crippen LogP contribution in [0.5, 0.6) is 0 Å². The number of thioether (sulfide) groups is 1. The summed E-state index contributed by atoms with van der Waals surface area (Å²) in [6.45, 7) is 0. The van der Waals surface area contributed by atoms with Crippen molar-refractivity contribution in [2.75, 3.05) is 11.6 Å². The van der Waals surface area contributed by atoms with Gasteiger partial charge in [-0.2, -0.15) is 13.2 Å². The number of hydrogen-bond acceptors (Lipinski definition) is 3. The van der Waals surface area contributed by atoms with E-state index in [4.69, 9.17) is 0 Å². The first-order valence-electron chi connectivity index (χ1n) is 5.89. The highest BCUT2D eigenvalue weighted by atomic mass is 32.2. The first-order valence-corrected chi connectivity index (χ1v) is 7.11. The van der Waals surface area contributed by atoms with Crippen molar-refractivity contribution in [3.63, 3.8) is 0 Å². The molecule has 0 saturated heterocycles. The maximum Gasteiger partial charge on any atom is 0.416 e. The zero-order valence-electron chi connectivity index (χ0n) is 10.9. The van der Waals surface area contributed by atoms with E-state index < -0.39 is 17.6 Å². The van der Waals surface area contributed by atoms with Crippen molar-refractivity contribution in [2.24, 2.45) is 0 Å². The molecule has 0 aliphatic carbocycles. The molecule has 0 fully saturated rings. The Balaban J connectivity index is 2.16. The van der Waals surface area contributed by atoms with Crippen LogP contribution < -0.4 is 5.32 Å². The molecule has 7 heteroatoms. The Morgan fingerprint density at radius 3 is 2.57 bits per heavy atom. The molecule has 2 aromatic rings. The molecule has 110 valence electrons. The molecular formula is C14H11F3N2OS. The van der Waals surface area contributed by atoms with Crippen molar-refractivity contribution in [2.45, 2.75) is 11.2 Å². The van der Waals surface area contributed by atoms with Crippen molar-refractivity contribution >= 4 is 23.4 Å². The average molecular weight is 312 g/mol. The molecule has 1 aromatic heterocycles. The Kier molecular flexibility index (Phi) is 4.52. The minimum Gasteiger partial charge on any atom is -0.321 e. The second-order valence-electron chi connectivity index (χ2n) is 4.12. The fraction of sp³-hybridized carbons (Fsp3) is 0.143. The summed E-state index contributed by atoms with van der Waals surface area (Å²) < 4.78 is 37.8. The molecule has 0 aliphatic heterocycles. The minimum absolute atomic E-state index is 0.0567. The second kappa shape index (κ2) is 6.17. The Labute approximate surface area is 123 Å². The topological polar surface area (TPSA) is 42.0 Å². The zero-order chi connectivity index (χ0) is 15.5. The van der Waals surface area contributed by atoms with E-state index in [1.807, 2.05) is 6.26 Å². The number of pyridine rings is 1. The quantitative estimate of drug-likeness (QED) is 0.869. The molecule has 0 spiro atoms. The van der Waals surface area contributed by atoms with E-state index in [0.717, 1.165) is 17.2 Å². The van der Waals surface area contributed by atoms with Crippen LogP contribution in [0.2, 0.25) is 0 Å². The number of aromatic nitrogens is 1. The van der Waals surface area contributed by atoms with E-state index >= 15 is 0 Å². The van der Waals surface area contributed by atoms with E-state index in [0.29, 0.717) is 5.69 Å². The minimum atomic E-state index is -4.47. The number of alkyl halides is 3. The number of halogens is 3. The van der Waals surface area contributed by atoms with Crippen molar-refractivity contribution in [3.8, 4) is 0 Å². The molecule has 1 amide bonds. The van der Waals surface area contributed by atoms with Crippen LogP contribution in [0.4, 0.5) is 18.9 Å². The third kappa shape index (κ3) is 3.98. The van der Waals surface area contributed by atoms with E-state index in [1.54, 1.807) is 12.1 Å². The molecule has 1 heterocycles. The Morgan fingerprint density at radius 1 is 1.24 bits per heavy atom. The Morgan fingerprint density at radius 2 is 2.00 bits per heavy atom. The normalized spacial score (nSPS) is 11.2. The maximum absolute atomic E-state index is 12.6. The summed E-state index contributed by atoms with van der Waals surface area (Å²) in [5.41, 5.74) is -0.486. The van der Waals surface area contributed by atoms with E-state index in [2.05, 4.69) is 10.3 Å². The zero-order valence-corrected chi connectivity index (χ0v) is 11.8. The van der Waals surface area contributed by atoms with Gasteiger partial charge in [-0.3, -0.25) is 4.79 Å². The average Bonchev–Trinajstić information content (AvgIpc) is 2.47. The first kappa shape index (κ1) is 15.4. The number of carbonyl (C=O) groups excluding carboxylic acids is 1. The molecule has 0 unspecified atom stereocenters. The van der Waals surface area contributed by atoms with Crippen LogP contribution in [0.15, 0.2) is 47.6 Å². The number of carbonyl (C=O) groups is 1. The lowest BCUT2D eigenvalue weighted by molar-refractivity contribution is -0.137. The second-order valence-corrected chi connectivity index (χ2v) is 4.95. The van der Waals surface area contributed by atoms with E-state index in [-0.39, 0.29) is 5.56 Å². The van der Waals surface area contributed by atoms with Gasteiger partial charge in [0.25, 0.3) is 5.91 Å². The summed E-state index contributed by atoms with van der Waals surface area (Å²) in [4.78, 5) is 16.0. The highest BCUT2D eigenvalue weighted by Gasteiger charge is 2.30. The fourth-order valence-corrected chi connectivity index (χ4v) is 1.98. The van der Waals surface area contributed by atoms with Crippen LogP contribution in [0.1, 0.15) is 15.9 Å². The SMILES string of the molecule is CSc1ccc(NC(=O)c2cccc(C(F)(F)F)c2)cn1. The highest BCUT2D eigenvalue weighted by Crippen LogP contribution is 2.29. The first-order chi connectivity index (χ1) is 9.90. The van der Waals surface area contributed by atoms with Crippen LogP contribution in [0, 0.1) is 0 Å². The van der Waals surface area contributed by atoms with E-state index in [9.17, 15) is 18.0 Å². The van der Waals surface area contributed by atoms with Crippen LogP contribution in [0.25, 0.3) is 0 Å². The summed E-state index contributed by atoms with van der Waals surface area (Å²) in [5, 5.41) is 3.29. The third-order valence-corrected chi connectivity index (χ3v) is 3.32. The summed E-state index contributed by atoms with van der Waals surface area (Å²) in [7, 11) is 0. The predicted octanol–water partition coefficient (Wildman–Crippen LogP) is 4.07. The van der Waals surface area contributed by atoms with Crippen molar-refractivity contribution in [3.05, 3.63) is 53.7 Å². The monoisotopic (exact) mass is 312 g/mol. The molecule has 0 saturated carbocycles. The van der Waals surface area contributed by atoms with Gasteiger partial charge in [-0.05, 0) is 36.6 Å². The molecule has 1 aromatic carbocycles. The number of nitrogens with one attached hydrogen (secondary N) is 1.